The first-order valence-corrected chi connectivity index (χ1v) is 8.58. The number of hydrogen-bond donors (Lipinski definition) is 2. The zero-order chi connectivity index (χ0) is 16.9. The molecule has 6 heteroatoms. The molecule has 2 amide bonds. The van der Waals surface area contributed by atoms with Crippen LogP contribution >= 0.6 is 0 Å². The molecule has 2 aliphatic rings. The molecule has 2 heterocycles. The van der Waals surface area contributed by atoms with E-state index in [4.69, 9.17) is 4.74 Å². The Bertz CT molecular complexity index is 566. The highest BCUT2D eigenvalue weighted by atomic mass is 16.5. The lowest BCUT2D eigenvalue weighted by molar-refractivity contribution is -0.134. The van der Waals surface area contributed by atoms with Crippen LogP contribution in [-0.4, -0.2) is 55.0 Å². The molecule has 2 N–H and O–H groups in total. The first-order valence-electron chi connectivity index (χ1n) is 8.58. The van der Waals surface area contributed by atoms with Gasteiger partial charge in [-0.2, -0.15) is 0 Å². The first kappa shape index (κ1) is 16.8. The van der Waals surface area contributed by atoms with Crippen molar-refractivity contribution in [1.29, 1.82) is 0 Å². The summed E-state index contributed by atoms with van der Waals surface area (Å²) in [4.78, 5) is 25.9. The van der Waals surface area contributed by atoms with E-state index in [9.17, 15) is 9.59 Å². The van der Waals surface area contributed by atoms with E-state index in [1.807, 2.05) is 25.2 Å². The molecule has 130 valence electrons. The molecule has 0 radical (unpaired) electrons. The predicted molar refractivity (Wildman–Crippen MR) is 90.7 cm³/mol. The predicted octanol–water partition coefficient (Wildman–Crippen LogP) is 0.923. The fourth-order valence-corrected chi connectivity index (χ4v) is 3.56. The Balaban J connectivity index is 1.39. The van der Waals surface area contributed by atoms with E-state index < -0.39 is 0 Å². The van der Waals surface area contributed by atoms with E-state index >= 15 is 0 Å². The highest BCUT2D eigenvalue weighted by Gasteiger charge is 2.36. The molecule has 3 rings (SSSR count). The maximum atomic E-state index is 12.3. The van der Waals surface area contributed by atoms with Gasteiger partial charge in [-0.25, -0.2) is 0 Å². The molecule has 2 aliphatic heterocycles. The van der Waals surface area contributed by atoms with E-state index in [1.54, 1.807) is 17.0 Å². The third-order valence-electron chi connectivity index (χ3n) is 4.94. The van der Waals surface area contributed by atoms with Crippen molar-refractivity contribution in [3.05, 3.63) is 30.3 Å². The number of carbonyl (C=O) groups excluding carboxylic acids is 2. The summed E-state index contributed by atoms with van der Waals surface area (Å²) in [6.07, 6.45) is 4.42. The molecule has 2 atom stereocenters. The summed E-state index contributed by atoms with van der Waals surface area (Å²) in [5.74, 6) is 0.307. The lowest BCUT2D eigenvalue weighted by Crippen LogP contribution is -2.51. The lowest BCUT2D eigenvalue weighted by Gasteiger charge is -2.35. The molecule has 0 spiro atoms. The van der Waals surface area contributed by atoms with Gasteiger partial charge < -0.3 is 20.3 Å². The average Bonchev–Trinajstić information content (AvgIpc) is 2.95. The standard InChI is InChI=1S/C18H25N3O3/c1-21(15-9-13-7-8-14(10-15)20-13)18(23)11-19-17(22)12-24-16-5-3-2-4-6-16/h2-6,13-15,20H,7-12H2,1H3,(H,19,22). The van der Waals surface area contributed by atoms with Crippen LogP contribution in [-0.2, 0) is 9.59 Å². The summed E-state index contributed by atoms with van der Waals surface area (Å²) in [6, 6.07) is 10.5. The van der Waals surface area contributed by atoms with Gasteiger partial charge in [-0.3, -0.25) is 9.59 Å². The topological polar surface area (TPSA) is 70.7 Å². The van der Waals surface area contributed by atoms with Crippen molar-refractivity contribution >= 4 is 11.8 Å². The van der Waals surface area contributed by atoms with Crippen molar-refractivity contribution in [3.8, 4) is 5.75 Å². The van der Waals surface area contributed by atoms with Gasteiger partial charge in [-0.15, -0.1) is 0 Å². The molecule has 2 bridgehead atoms. The minimum atomic E-state index is -0.286. The van der Waals surface area contributed by atoms with Crippen LogP contribution in [0, 0.1) is 0 Å². The van der Waals surface area contributed by atoms with Crippen molar-refractivity contribution < 1.29 is 14.3 Å². The van der Waals surface area contributed by atoms with Crippen LogP contribution in [0.2, 0.25) is 0 Å². The van der Waals surface area contributed by atoms with Gasteiger partial charge in [0.15, 0.2) is 6.61 Å². The number of amides is 2. The second-order valence-corrected chi connectivity index (χ2v) is 6.65. The molecular weight excluding hydrogens is 306 g/mol. The van der Waals surface area contributed by atoms with Crippen LogP contribution in [0.25, 0.3) is 0 Å². The van der Waals surface area contributed by atoms with Crippen LogP contribution in [0.4, 0.5) is 0 Å². The minimum Gasteiger partial charge on any atom is -0.484 e. The number of nitrogens with zero attached hydrogens (tertiary/aromatic N) is 1. The molecular formula is C18H25N3O3. The quantitative estimate of drug-likeness (QED) is 0.813. The maximum Gasteiger partial charge on any atom is 0.258 e. The summed E-state index contributed by atoms with van der Waals surface area (Å²) < 4.78 is 5.37. The largest absolute Gasteiger partial charge is 0.484 e. The Hall–Kier alpha value is -2.08. The molecule has 0 aliphatic carbocycles. The average molecular weight is 331 g/mol. The van der Waals surface area contributed by atoms with Gasteiger partial charge in [0.1, 0.15) is 5.75 Å². The van der Waals surface area contributed by atoms with Crippen molar-refractivity contribution in [1.82, 2.24) is 15.5 Å². The summed E-state index contributed by atoms with van der Waals surface area (Å²) >= 11 is 0. The molecule has 2 unspecified atom stereocenters. The summed E-state index contributed by atoms with van der Waals surface area (Å²) in [6.45, 7) is -0.0642. The first-order chi connectivity index (χ1) is 11.6. The van der Waals surface area contributed by atoms with Crippen LogP contribution in [0.5, 0.6) is 5.75 Å². The van der Waals surface area contributed by atoms with Gasteiger partial charge in [0.05, 0.1) is 6.54 Å². The second kappa shape index (κ2) is 7.66. The highest BCUT2D eigenvalue weighted by Crippen LogP contribution is 2.29. The van der Waals surface area contributed by atoms with E-state index in [0.717, 1.165) is 12.8 Å². The lowest BCUT2D eigenvalue weighted by atomic mass is 9.98. The number of hydrogen-bond acceptors (Lipinski definition) is 4. The fraction of sp³-hybridized carbons (Fsp3) is 0.556. The number of rotatable bonds is 6. The number of para-hydroxylation sites is 1. The molecule has 2 saturated heterocycles. The monoisotopic (exact) mass is 331 g/mol. The Labute approximate surface area is 142 Å². The van der Waals surface area contributed by atoms with Crippen molar-refractivity contribution in [2.24, 2.45) is 0 Å². The SMILES string of the molecule is CN(C(=O)CNC(=O)COc1ccccc1)C1CC2CCC(C1)N2. The Morgan fingerprint density at radius 1 is 1.21 bits per heavy atom. The Morgan fingerprint density at radius 3 is 2.54 bits per heavy atom. The van der Waals surface area contributed by atoms with Gasteiger partial charge in [0.2, 0.25) is 5.91 Å². The summed E-state index contributed by atoms with van der Waals surface area (Å²) in [5.41, 5.74) is 0. The third-order valence-corrected chi connectivity index (χ3v) is 4.94. The molecule has 0 saturated carbocycles. The van der Waals surface area contributed by atoms with Gasteiger partial charge in [-0.05, 0) is 37.8 Å². The Morgan fingerprint density at radius 2 is 1.88 bits per heavy atom. The Kier molecular flexibility index (Phi) is 5.35. The highest BCUT2D eigenvalue weighted by molar-refractivity contribution is 5.85. The van der Waals surface area contributed by atoms with E-state index in [2.05, 4.69) is 10.6 Å². The molecule has 24 heavy (non-hydrogen) atoms. The van der Waals surface area contributed by atoms with E-state index in [0.29, 0.717) is 17.8 Å². The molecule has 1 aromatic rings. The molecule has 1 aromatic carbocycles. The number of benzene rings is 1. The number of nitrogens with one attached hydrogen (secondary N) is 2. The van der Waals surface area contributed by atoms with Gasteiger partial charge in [-0.1, -0.05) is 18.2 Å². The van der Waals surface area contributed by atoms with E-state index in [-0.39, 0.29) is 31.0 Å². The molecule has 2 fully saturated rings. The van der Waals surface area contributed by atoms with Crippen LogP contribution < -0.4 is 15.4 Å². The normalized spacial score (nSPS) is 25.1. The van der Waals surface area contributed by atoms with Crippen LogP contribution in [0.15, 0.2) is 30.3 Å². The van der Waals surface area contributed by atoms with Crippen molar-refractivity contribution in [2.45, 2.75) is 43.8 Å². The zero-order valence-corrected chi connectivity index (χ0v) is 14.0. The van der Waals surface area contributed by atoms with Crippen molar-refractivity contribution in [3.63, 3.8) is 0 Å². The third kappa shape index (κ3) is 4.26. The minimum absolute atomic E-state index is 0.0206. The fourth-order valence-electron chi connectivity index (χ4n) is 3.56. The van der Waals surface area contributed by atoms with Crippen LogP contribution in [0.3, 0.4) is 0 Å². The zero-order valence-electron chi connectivity index (χ0n) is 14.0. The molecule has 0 aromatic heterocycles. The van der Waals surface area contributed by atoms with Crippen molar-refractivity contribution in [2.75, 3.05) is 20.2 Å². The summed E-state index contributed by atoms with van der Waals surface area (Å²) in [5, 5.41) is 6.21. The molecule has 6 nitrogen and oxygen atoms in total. The summed E-state index contributed by atoms with van der Waals surface area (Å²) in [7, 11) is 1.84. The van der Waals surface area contributed by atoms with Gasteiger partial charge in [0, 0.05) is 25.2 Å². The number of piperidine rings is 1. The number of carbonyl (C=O) groups is 2. The van der Waals surface area contributed by atoms with Crippen LogP contribution in [0.1, 0.15) is 25.7 Å². The van der Waals surface area contributed by atoms with E-state index in [1.165, 1.54) is 12.8 Å². The van der Waals surface area contributed by atoms with Gasteiger partial charge >= 0.3 is 0 Å². The second-order valence-electron chi connectivity index (χ2n) is 6.65. The number of likely N-dealkylation sites (N-methyl/N-ethyl adjacent to an activating group) is 1. The number of fused-ring (bicyclic) bond motifs is 2. The van der Waals surface area contributed by atoms with Gasteiger partial charge in [0.25, 0.3) is 5.91 Å². The smallest absolute Gasteiger partial charge is 0.258 e. The maximum absolute atomic E-state index is 12.3. The number of ether oxygens (including phenoxy) is 1.